The Bertz CT molecular complexity index is 1540. The first kappa shape index (κ1) is 19.2. The highest BCUT2D eigenvalue weighted by Gasteiger charge is 2.72. The van der Waals surface area contributed by atoms with Crippen molar-refractivity contribution < 1.29 is 24.3 Å². The van der Waals surface area contributed by atoms with Crippen LogP contribution in [0.15, 0.2) is 40.0 Å². The summed E-state index contributed by atoms with van der Waals surface area (Å²) in [6.07, 6.45) is 4.27. The lowest BCUT2D eigenvalue weighted by molar-refractivity contribution is 0.0696. The molecule has 3 N–H and O–H groups in total. The number of nitrogens with zero attached hydrogens (tertiary/aromatic N) is 5. The van der Waals surface area contributed by atoms with Crippen molar-refractivity contribution in [3.05, 3.63) is 52.3 Å². The molecule has 3 heterocycles. The Morgan fingerprint density at radius 1 is 1.24 bits per heavy atom. The van der Waals surface area contributed by atoms with Crippen LogP contribution >= 0.6 is 0 Å². The number of hydrogen-bond donors (Lipinski definition) is 3. The van der Waals surface area contributed by atoms with E-state index in [0.717, 1.165) is 17.4 Å². The number of aromatic nitrogens is 5. The van der Waals surface area contributed by atoms with E-state index in [2.05, 4.69) is 25.0 Å². The van der Waals surface area contributed by atoms with Crippen LogP contribution in [0, 0.1) is 5.92 Å². The number of aromatic carboxylic acids is 1. The first-order chi connectivity index (χ1) is 15.8. The van der Waals surface area contributed by atoms with Gasteiger partial charge in [0.15, 0.2) is 17.3 Å². The number of carbonyl (C=O) groups is 2. The van der Waals surface area contributed by atoms with E-state index in [9.17, 15) is 24.6 Å². The number of aromatic hydroxyl groups is 1. The van der Waals surface area contributed by atoms with Crippen LogP contribution < -0.4 is 10.9 Å². The zero-order valence-corrected chi connectivity index (χ0v) is 17.1. The smallest absolute Gasteiger partial charge is 0.335 e. The number of carboxylic acid groups (broad SMARTS) is 1. The SMILES string of the molecule is Cn1c(-c2nc3ccc(C(=O)O)cc3n2C23CC2C3)nc(C(=O)Nc2cnoc2)c(O)c1=O. The fourth-order valence-corrected chi connectivity index (χ4v) is 4.26. The number of anilines is 1. The predicted molar refractivity (Wildman–Crippen MR) is 112 cm³/mol. The minimum Gasteiger partial charge on any atom is -0.501 e. The van der Waals surface area contributed by atoms with E-state index in [1.54, 1.807) is 12.1 Å². The van der Waals surface area contributed by atoms with Gasteiger partial charge in [0.25, 0.3) is 11.5 Å². The van der Waals surface area contributed by atoms with E-state index >= 15 is 0 Å². The highest BCUT2D eigenvalue weighted by atomic mass is 16.5. The summed E-state index contributed by atoms with van der Waals surface area (Å²) in [4.78, 5) is 46.0. The second-order valence-corrected chi connectivity index (χ2v) is 8.35. The van der Waals surface area contributed by atoms with Crippen LogP contribution in [0.25, 0.3) is 22.7 Å². The van der Waals surface area contributed by atoms with E-state index in [0.29, 0.717) is 22.8 Å². The molecule has 0 unspecified atom stereocenters. The fraction of sp³-hybridized carbons (Fsp3) is 0.238. The lowest BCUT2D eigenvalue weighted by Gasteiger charge is -2.15. The van der Waals surface area contributed by atoms with Crippen LogP contribution in [-0.2, 0) is 12.6 Å². The van der Waals surface area contributed by atoms with Gasteiger partial charge in [-0.2, -0.15) is 0 Å². The van der Waals surface area contributed by atoms with Crippen molar-refractivity contribution in [2.24, 2.45) is 13.0 Å². The minimum absolute atomic E-state index is 0.0771. The van der Waals surface area contributed by atoms with Gasteiger partial charge in [-0.3, -0.25) is 14.2 Å². The van der Waals surface area contributed by atoms with E-state index in [1.165, 1.54) is 25.6 Å². The van der Waals surface area contributed by atoms with Gasteiger partial charge in [0.05, 0.1) is 28.3 Å². The average molecular weight is 448 g/mol. The first-order valence-corrected chi connectivity index (χ1v) is 10.1. The van der Waals surface area contributed by atoms with Crippen molar-refractivity contribution in [2.45, 2.75) is 18.4 Å². The van der Waals surface area contributed by atoms with Gasteiger partial charge in [0.1, 0.15) is 12.0 Å². The molecule has 33 heavy (non-hydrogen) atoms. The molecule has 0 spiro atoms. The zero-order chi connectivity index (χ0) is 23.1. The number of imidazole rings is 1. The molecule has 12 nitrogen and oxygen atoms in total. The molecule has 2 aliphatic carbocycles. The number of amides is 1. The Labute approximate surface area is 184 Å². The lowest BCUT2D eigenvalue weighted by Crippen LogP contribution is -2.26. The monoisotopic (exact) mass is 448 g/mol. The maximum atomic E-state index is 12.8. The van der Waals surface area contributed by atoms with Gasteiger partial charge >= 0.3 is 5.97 Å². The molecule has 2 fully saturated rings. The number of benzene rings is 1. The molecular formula is C21H16N6O6. The Hall–Kier alpha value is -4.48. The number of hydrogen-bond acceptors (Lipinski definition) is 8. The van der Waals surface area contributed by atoms with E-state index < -0.39 is 28.9 Å². The molecular weight excluding hydrogens is 432 g/mol. The largest absolute Gasteiger partial charge is 0.501 e. The summed E-state index contributed by atoms with van der Waals surface area (Å²) in [6.45, 7) is 0. The molecule has 0 saturated heterocycles. The summed E-state index contributed by atoms with van der Waals surface area (Å²) in [5, 5.41) is 25.7. The Morgan fingerprint density at radius 3 is 2.64 bits per heavy atom. The third-order valence-electron chi connectivity index (χ3n) is 6.36. The Kier molecular flexibility index (Phi) is 3.66. The molecule has 0 aliphatic heterocycles. The highest BCUT2D eigenvalue weighted by Crippen LogP contribution is 2.73. The summed E-state index contributed by atoms with van der Waals surface area (Å²) in [6, 6.07) is 4.61. The van der Waals surface area contributed by atoms with Gasteiger partial charge < -0.3 is 24.6 Å². The maximum Gasteiger partial charge on any atom is 0.335 e. The molecule has 3 aromatic heterocycles. The third kappa shape index (κ3) is 2.70. The second kappa shape index (κ2) is 6.28. The topological polar surface area (TPSA) is 165 Å². The average Bonchev–Trinajstić information content (AvgIpc) is 3.49. The van der Waals surface area contributed by atoms with Crippen molar-refractivity contribution in [1.29, 1.82) is 0 Å². The third-order valence-corrected chi connectivity index (χ3v) is 6.36. The predicted octanol–water partition coefficient (Wildman–Crippen LogP) is 1.56. The molecule has 1 amide bonds. The Morgan fingerprint density at radius 2 is 2.00 bits per heavy atom. The maximum absolute atomic E-state index is 12.8. The Balaban J connectivity index is 1.56. The van der Waals surface area contributed by atoms with Crippen LogP contribution in [0.5, 0.6) is 5.75 Å². The quantitative estimate of drug-likeness (QED) is 0.411. The van der Waals surface area contributed by atoms with Crippen molar-refractivity contribution in [3.8, 4) is 17.4 Å². The van der Waals surface area contributed by atoms with Gasteiger partial charge in [-0.05, 0) is 37.0 Å². The van der Waals surface area contributed by atoms with Crippen molar-refractivity contribution >= 4 is 28.6 Å². The summed E-state index contributed by atoms with van der Waals surface area (Å²) < 4.78 is 7.71. The van der Waals surface area contributed by atoms with Gasteiger partial charge in [-0.15, -0.1) is 0 Å². The summed E-state index contributed by atoms with van der Waals surface area (Å²) in [5.74, 6) is -1.83. The van der Waals surface area contributed by atoms with Crippen LogP contribution in [-0.4, -0.2) is 46.3 Å². The standard InChI is InChI=1S/C21H16N6O6/c1-26-16(25-14(15(28)19(26)30)18(29)23-11-7-22-33-8-11)17-24-12-3-2-9(20(31)32)4-13(12)27(17)21-5-10(21)6-21/h2-4,7-8,10,28H,5-6H2,1H3,(H,23,29)(H,31,32). The van der Waals surface area contributed by atoms with Crippen LogP contribution in [0.3, 0.4) is 0 Å². The van der Waals surface area contributed by atoms with Gasteiger partial charge in [-0.25, -0.2) is 14.8 Å². The second-order valence-electron chi connectivity index (χ2n) is 8.35. The van der Waals surface area contributed by atoms with Crippen molar-refractivity contribution in [1.82, 2.24) is 24.3 Å². The van der Waals surface area contributed by atoms with Crippen molar-refractivity contribution in [2.75, 3.05) is 5.32 Å². The van der Waals surface area contributed by atoms with Crippen molar-refractivity contribution in [3.63, 3.8) is 0 Å². The van der Waals surface area contributed by atoms with E-state index in [-0.39, 0.29) is 22.6 Å². The summed E-state index contributed by atoms with van der Waals surface area (Å²) in [5.41, 5.74) is 0.0188. The summed E-state index contributed by atoms with van der Waals surface area (Å²) in [7, 11) is 1.42. The zero-order valence-electron chi connectivity index (χ0n) is 17.1. The fourth-order valence-electron chi connectivity index (χ4n) is 4.26. The molecule has 1 aromatic carbocycles. The lowest BCUT2D eigenvalue weighted by atomic mass is 10.2. The number of fused-ring (bicyclic) bond motifs is 2. The van der Waals surface area contributed by atoms with Crippen LogP contribution in [0.2, 0.25) is 0 Å². The molecule has 2 aliphatic rings. The van der Waals surface area contributed by atoms with Gasteiger partial charge in [0, 0.05) is 7.05 Å². The van der Waals surface area contributed by atoms with Crippen LogP contribution in [0.1, 0.15) is 33.7 Å². The molecule has 0 atom stereocenters. The summed E-state index contributed by atoms with van der Waals surface area (Å²) >= 11 is 0. The molecule has 0 radical (unpaired) electrons. The molecule has 0 bridgehead atoms. The molecule has 4 aromatic rings. The number of carbonyl (C=O) groups excluding carboxylic acids is 1. The first-order valence-electron chi connectivity index (χ1n) is 10.1. The van der Waals surface area contributed by atoms with Gasteiger partial charge in [0.2, 0.25) is 5.75 Å². The van der Waals surface area contributed by atoms with Gasteiger partial charge in [-0.1, -0.05) is 5.16 Å². The molecule has 12 heteroatoms. The number of carboxylic acids is 1. The molecule has 166 valence electrons. The highest BCUT2D eigenvalue weighted by molar-refractivity contribution is 6.04. The van der Waals surface area contributed by atoms with E-state index in [1.807, 2.05) is 4.57 Å². The minimum atomic E-state index is -1.06. The van der Waals surface area contributed by atoms with Crippen LogP contribution in [0.4, 0.5) is 5.69 Å². The normalized spacial score (nSPS) is 20.5. The molecule has 2 saturated carbocycles. The molecule has 6 rings (SSSR count). The number of nitrogens with one attached hydrogen (secondary N) is 1. The van der Waals surface area contributed by atoms with E-state index in [4.69, 9.17) is 0 Å². The number of rotatable bonds is 5.